The van der Waals surface area contributed by atoms with Gasteiger partial charge in [-0.3, -0.25) is 0 Å². The van der Waals surface area contributed by atoms with Crippen LogP contribution in [0.1, 0.15) is 5.56 Å². The number of alkyl halides is 3. The second-order valence-electron chi connectivity index (χ2n) is 4.68. The summed E-state index contributed by atoms with van der Waals surface area (Å²) in [5.41, 5.74) is 1.25. The molecule has 1 heterocycles. The molecule has 112 valence electrons. The maximum absolute atomic E-state index is 12.6. The highest BCUT2D eigenvalue weighted by Crippen LogP contribution is 2.31. The summed E-state index contributed by atoms with van der Waals surface area (Å²) in [6.07, 6.45) is -2.78. The lowest BCUT2D eigenvalue weighted by molar-refractivity contribution is -0.137. The molecule has 0 aliphatic rings. The van der Waals surface area contributed by atoms with Crippen molar-refractivity contribution in [2.45, 2.75) is 6.18 Å². The number of benzene rings is 2. The molecule has 1 aromatic heterocycles. The molecular formula is C16H10ClF3N2. The van der Waals surface area contributed by atoms with Crippen molar-refractivity contribution in [2.75, 3.05) is 0 Å². The average Bonchev–Trinajstić information content (AvgIpc) is 2.89. The molecule has 6 heteroatoms. The molecule has 0 saturated carbocycles. The van der Waals surface area contributed by atoms with Crippen molar-refractivity contribution < 1.29 is 13.2 Å². The zero-order chi connectivity index (χ0) is 15.7. The molecule has 0 saturated heterocycles. The van der Waals surface area contributed by atoms with Gasteiger partial charge in [-0.1, -0.05) is 41.9 Å². The summed E-state index contributed by atoms with van der Waals surface area (Å²) in [5.74, 6) is 0. The highest BCUT2D eigenvalue weighted by atomic mass is 35.5. The molecule has 0 spiro atoms. The minimum atomic E-state index is -4.35. The van der Waals surface area contributed by atoms with E-state index in [1.807, 2.05) is 30.3 Å². The molecule has 3 rings (SSSR count). The fourth-order valence-corrected chi connectivity index (χ4v) is 2.32. The predicted molar refractivity (Wildman–Crippen MR) is 79.0 cm³/mol. The maximum Gasteiger partial charge on any atom is 0.416 e. The van der Waals surface area contributed by atoms with Gasteiger partial charge < -0.3 is 0 Å². The molecule has 22 heavy (non-hydrogen) atoms. The molecule has 0 atom stereocenters. The molecule has 0 unspecified atom stereocenters. The smallest absolute Gasteiger partial charge is 0.239 e. The molecule has 0 N–H and O–H groups in total. The Morgan fingerprint density at radius 3 is 2.14 bits per heavy atom. The summed E-state index contributed by atoms with van der Waals surface area (Å²) in [5, 5.41) is 4.78. The van der Waals surface area contributed by atoms with Crippen LogP contribution in [0.25, 0.3) is 16.9 Å². The Balaban J connectivity index is 1.97. The highest BCUT2D eigenvalue weighted by molar-refractivity contribution is 6.33. The molecule has 0 bridgehead atoms. The molecule has 0 aliphatic heterocycles. The van der Waals surface area contributed by atoms with Gasteiger partial charge in [0.1, 0.15) is 5.69 Å². The van der Waals surface area contributed by atoms with Crippen LogP contribution in [0.2, 0.25) is 5.02 Å². The van der Waals surface area contributed by atoms with Crippen molar-refractivity contribution in [3.05, 3.63) is 71.4 Å². The minimum absolute atomic E-state index is 0.436. The monoisotopic (exact) mass is 322 g/mol. The van der Waals surface area contributed by atoms with Crippen LogP contribution >= 0.6 is 11.6 Å². The van der Waals surface area contributed by atoms with E-state index < -0.39 is 11.7 Å². The summed E-state index contributed by atoms with van der Waals surface area (Å²) in [4.78, 5) is 0. The fraction of sp³-hybridized carbons (Fsp3) is 0.0625. The fourth-order valence-electron chi connectivity index (χ4n) is 2.08. The van der Waals surface area contributed by atoms with Crippen molar-refractivity contribution in [3.63, 3.8) is 0 Å². The quantitative estimate of drug-likeness (QED) is 0.633. The third-order valence-electron chi connectivity index (χ3n) is 3.18. The van der Waals surface area contributed by atoms with E-state index in [0.29, 0.717) is 16.4 Å². The Morgan fingerprint density at radius 2 is 1.55 bits per heavy atom. The standard InChI is InChI=1S/C16H10ClF3N2/c17-14-10-22(21-15(14)11-4-2-1-3-5-11)13-8-6-12(7-9-13)16(18,19)20/h1-10H. The van der Waals surface area contributed by atoms with Crippen molar-refractivity contribution in [3.8, 4) is 16.9 Å². The zero-order valence-corrected chi connectivity index (χ0v) is 11.9. The van der Waals surface area contributed by atoms with E-state index in [1.165, 1.54) is 16.8 Å². The van der Waals surface area contributed by atoms with Crippen LogP contribution in [-0.2, 0) is 6.18 Å². The molecule has 0 radical (unpaired) electrons. The van der Waals surface area contributed by atoms with Gasteiger partial charge in [0.25, 0.3) is 0 Å². The summed E-state index contributed by atoms with van der Waals surface area (Å²) in [6, 6.07) is 14.1. The maximum atomic E-state index is 12.6. The van der Waals surface area contributed by atoms with Crippen LogP contribution in [-0.4, -0.2) is 9.78 Å². The van der Waals surface area contributed by atoms with Gasteiger partial charge in [-0.05, 0) is 24.3 Å². The van der Waals surface area contributed by atoms with Gasteiger partial charge in [0, 0.05) is 5.56 Å². The first-order valence-electron chi connectivity index (χ1n) is 6.43. The third-order valence-corrected chi connectivity index (χ3v) is 3.45. The van der Waals surface area contributed by atoms with Gasteiger partial charge in [-0.2, -0.15) is 18.3 Å². The molecule has 2 aromatic carbocycles. The molecule has 0 aliphatic carbocycles. The lowest BCUT2D eigenvalue weighted by atomic mass is 10.2. The van der Waals surface area contributed by atoms with Crippen molar-refractivity contribution in [1.82, 2.24) is 9.78 Å². The second kappa shape index (κ2) is 5.50. The van der Waals surface area contributed by atoms with E-state index in [9.17, 15) is 13.2 Å². The first-order valence-corrected chi connectivity index (χ1v) is 6.81. The molecular weight excluding hydrogens is 313 g/mol. The van der Waals surface area contributed by atoms with E-state index in [0.717, 1.165) is 17.7 Å². The Morgan fingerprint density at radius 1 is 0.909 bits per heavy atom. The largest absolute Gasteiger partial charge is 0.416 e. The predicted octanol–water partition coefficient (Wildman–Crippen LogP) is 5.21. The molecule has 0 fully saturated rings. The van der Waals surface area contributed by atoms with Crippen LogP contribution in [0.15, 0.2) is 60.8 Å². The van der Waals surface area contributed by atoms with Gasteiger partial charge in [-0.15, -0.1) is 0 Å². The lowest BCUT2D eigenvalue weighted by Crippen LogP contribution is -2.05. The van der Waals surface area contributed by atoms with Gasteiger partial charge in [0.05, 0.1) is 22.5 Å². The topological polar surface area (TPSA) is 17.8 Å². The van der Waals surface area contributed by atoms with Gasteiger partial charge in [0.15, 0.2) is 0 Å². The Labute approximate surface area is 129 Å². The van der Waals surface area contributed by atoms with E-state index in [1.54, 1.807) is 6.20 Å². The number of nitrogens with zero attached hydrogens (tertiary/aromatic N) is 2. The summed E-state index contributed by atoms with van der Waals surface area (Å²) < 4.78 is 39.2. The Kier molecular flexibility index (Phi) is 3.66. The number of hydrogen-bond donors (Lipinski definition) is 0. The number of rotatable bonds is 2. The number of aromatic nitrogens is 2. The normalized spacial score (nSPS) is 11.6. The van der Waals surface area contributed by atoms with E-state index in [4.69, 9.17) is 11.6 Å². The van der Waals surface area contributed by atoms with E-state index >= 15 is 0 Å². The van der Waals surface area contributed by atoms with Crippen molar-refractivity contribution in [1.29, 1.82) is 0 Å². The summed E-state index contributed by atoms with van der Waals surface area (Å²) >= 11 is 6.17. The summed E-state index contributed by atoms with van der Waals surface area (Å²) in [7, 11) is 0. The Hall–Kier alpha value is -2.27. The average molecular weight is 323 g/mol. The van der Waals surface area contributed by atoms with Crippen LogP contribution < -0.4 is 0 Å². The van der Waals surface area contributed by atoms with Crippen LogP contribution in [0.4, 0.5) is 13.2 Å². The van der Waals surface area contributed by atoms with Gasteiger partial charge in [-0.25, -0.2) is 4.68 Å². The van der Waals surface area contributed by atoms with E-state index in [-0.39, 0.29) is 0 Å². The highest BCUT2D eigenvalue weighted by Gasteiger charge is 2.30. The molecule has 3 aromatic rings. The van der Waals surface area contributed by atoms with Gasteiger partial charge >= 0.3 is 6.18 Å². The van der Waals surface area contributed by atoms with Crippen LogP contribution in [0.3, 0.4) is 0 Å². The SMILES string of the molecule is FC(F)(F)c1ccc(-n2cc(Cl)c(-c3ccccc3)n2)cc1. The van der Waals surface area contributed by atoms with Crippen molar-refractivity contribution >= 4 is 11.6 Å². The molecule has 2 nitrogen and oxygen atoms in total. The third kappa shape index (κ3) is 2.85. The number of hydrogen-bond acceptors (Lipinski definition) is 1. The first kappa shape index (κ1) is 14.7. The van der Waals surface area contributed by atoms with E-state index in [2.05, 4.69) is 5.10 Å². The zero-order valence-electron chi connectivity index (χ0n) is 11.2. The number of halogens is 4. The second-order valence-corrected chi connectivity index (χ2v) is 5.09. The van der Waals surface area contributed by atoms with Gasteiger partial charge in [0.2, 0.25) is 0 Å². The van der Waals surface area contributed by atoms with Crippen molar-refractivity contribution in [2.24, 2.45) is 0 Å². The Bertz CT molecular complexity index is 777. The van der Waals surface area contributed by atoms with Crippen LogP contribution in [0.5, 0.6) is 0 Å². The molecule has 0 amide bonds. The first-order chi connectivity index (χ1) is 10.4. The minimum Gasteiger partial charge on any atom is -0.239 e. The summed E-state index contributed by atoms with van der Waals surface area (Å²) in [6.45, 7) is 0. The lowest BCUT2D eigenvalue weighted by Gasteiger charge is -2.07. The van der Waals surface area contributed by atoms with Crippen LogP contribution in [0, 0.1) is 0 Å².